The first-order chi connectivity index (χ1) is 12.4. The molecular formula is C20H20ClN5. The van der Waals surface area contributed by atoms with Crippen LogP contribution >= 0.6 is 11.6 Å². The minimum absolute atomic E-state index is 0.130. The van der Waals surface area contributed by atoms with Gasteiger partial charge in [-0.1, -0.05) is 54.1 Å². The van der Waals surface area contributed by atoms with E-state index in [4.69, 9.17) is 16.6 Å². The molecule has 0 unspecified atom stereocenters. The molecule has 0 atom stereocenters. The number of aromatic amines is 1. The number of imidazole rings is 1. The molecule has 4 aromatic rings. The molecule has 4 rings (SSSR count). The van der Waals surface area contributed by atoms with Crippen molar-refractivity contribution in [3.63, 3.8) is 0 Å². The molecule has 0 bridgehead atoms. The van der Waals surface area contributed by atoms with Gasteiger partial charge in [0, 0.05) is 21.7 Å². The van der Waals surface area contributed by atoms with E-state index < -0.39 is 0 Å². The fraction of sp³-hybridized carbons (Fsp3) is 0.200. The van der Waals surface area contributed by atoms with Gasteiger partial charge in [0.2, 0.25) is 0 Å². The molecular weight excluding hydrogens is 346 g/mol. The minimum atomic E-state index is -0.130. The van der Waals surface area contributed by atoms with Crippen LogP contribution in [0, 0.1) is 0 Å². The molecule has 2 N–H and O–H groups in total. The van der Waals surface area contributed by atoms with Crippen molar-refractivity contribution in [2.45, 2.75) is 26.3 Å². The van der Waals surface area contributed by atoms with Crippen molar-refractivity contribution < 1.29 is 0 Å². The maximum absolute atomic E-state index is 6.03. The van der Waals surface area contributed by atoms with E-state index in [-0.39, 0.29) is 5.54 Å². The summed E-state index contributed by atoms with van der Waals surface area (Å²) in [5.74, 6) is 2.29. The van der Waals surface area contributed by atoms with E-state index in [0.717, 1.165) is 28.5 Å². The van der Waals surface area contributed by atoms with Gasteiger partial charge in [0.1, 0.15) is 5.69 Å². The highest BCUT2D eigenvalue weighted by Gasteiger charge is 2.21. The molecule has 5 nitrogen and oxygen atoms in total. The molecule has 0 aliphatic rings. The van der Waals surface area contributed by atoms with Crippen LogP contribution in [0.25, 0.3) is 28.4 Å². The van der Waals surface area contributed by atoms with Crippen molar-refractivity contribution in [3.8, 4) is 22.6 Å². The van der Waals surface area contributed by atoms with Gasteiger partial charge < -0.3 is 5.32 Å². The monoisotopic (exact) mass is 365 g/mol. The lowest BCUT2D eigenvalue weighted by molar-refractivity contribution is 0.627. The van der Waals surface area contributed by atoms with E-state index in [9.17, 15) is 0 Å². The normalized spacial score (nSPS) is 11.8. The topological polar surface area (TPSA) is 58.0 Å². The van der Waals surface area contributed by atoms with Crippen LogP contribution in [0.3, 0.4) is 0 Å². The number of halogens is 1. The quantitative estimate of drug-likeness (QED) is 0.521. The van der Waals surface area contributed by atoms with Crippen LogP contribution < -0.4 is 5.32 Å². The third-order valence-corrected chi connectivity index (χ3v) is 4.20. The number of H-pyrrole nitrogens is 1. The van der Waals surface area contributed by atoms with E-state index in [1.54, 1.807) is 0 Å². The van der Waals surface area contributed by atoms with E-state index >= 15 is 0 Å². The fourth-order valence-corrected chi connectivity index (χ4v) is 2.95. The van der Waals surface area contributed by atoms with Crippen LogP contribution in [0.1, 0.15) is 20.8 Å². The lowest BCUT2D eigenvalue weighted by atomic mass is 10.1. The predicted octanol–water partition coefficient (Wildman–Crippen LogP) is 5.26. The van der Waals surface area contributed by atoms with Crippen molar-refractivity contribution in [1.82, 2.24) is 19.6 Å². The molecule has 0 spiro atoms. The summed E-state index contributed by atoms with van der Waals surface area (Å²) in [5, 5.41) is 7.61. The number of anilines is 1. The van der Waals surface area contributed by atoms with Gasteiger partial charge in [-0.2, -0.15) is 4.98 Å². The van der Waals surface area contributed by atoms with Crippen LogP contribution in [0.4, 0.5) is 5.82 Å². The average Bonchev–Trinajstić information content (AvgIpc) is 3.15. The molecule has 2 aromatic carbocycles. The summed E-state index contributed by atoms with van der Waals surface area (Å²) in [7, 11) is 0. The molecule has 0 aliphatic carbocycles. The number of benzene rings is 2. The van der Waals surface area contributed by atoms with E-state index in [1.165, 1.54) is 0 Å². The zero-order valence-electron chi connectivity index (χ0n) is 14.9. The highest BCUT2D eigenvalue weighted by atomic mass is 35.5. The SMILES string of the molecule is CC(C)(C)Nc1c(-c2ccc(Cl)cc2)nc2nc(-c3ccccc3)[nH]n12. The molecule has 0 radical (unpaired) electrons. The van der Waals surface area contributed by atoms with Crippen LogP contribution in [0.15, 0.2) is 54.6 Å². The third-order valence-electron chi connectivity index (χ3n) is 3.95. The molecule has 2 aromatic heterocycles. The molecule has 0 amide bonds. The summed E-state index contributed by atoms with van der Waals surface area (Å²) >= 11 is 6.03. The van der Waals surface area contributed by atoms with Crippen LogP contribution in [-0.4, -0.2) is 25.1 Å². The Morgan fingerprint density at radius 3 is 2.27 bits per heavy atom. The van der Waals surface area contributed by atoms with Crippen molar-refractivity contribution in [3.05, 3.63) is 59.6 Å². The summed E-state index contributed by atoms with van der Waals surface area (Å²) in [6.45, 7) is 6.35. The number of hydrogen-bond acceptors (Lipinski definition) is 3. The maximum atomic E-state index is 6.03. The van der Waals surface area contributed by atoms with Gasteiger partial charge in [-0.05, 0) is 32.9 Å². The summed E-state index contributed by atoms with van der Waals surface area (Å²) in [6.07, 6.45) is 0. The molecule has 0 fully saturated rings. The van der Waals surface area contributed by atoms with Crippen molar-refractivity contribution in [2.75, 3.05) is 5.32 Å². The van der Waals surface area contributed by atoms with Crippen molar-refractivity contribution in [2.24, 2.45) is 0 Å². The molecule has 132 valence electrons. The second-order valence-corrected chi connectivity index (χ2v) is 7.70. The summed E-state index contributed by atoms with van der Waals surface area (Å²) < 4.78 is 1.90. The highest BCUT2D eigenvalue weighted by molar-refractivity contribution is 6.30. The number of aromatic nitrogens is 4. The van der Waals surface area contributed by atoms with E-state index in [1.807, 2.05) is 59.1 Å². The molecule has 2 heterocycles. The van der Waals surface area contributed by atoms with Crippen LogP contribution in [0.5, 0.6) is 0 Å². The van der Waals surface area contributed by atoms with Gasteiger partial charge in [-0.3, -0.25) is 5.10 Å². The van der Waals surface area contributed by atoms with Gasteiger partial charge in [0.05, 0.1) is 0 Å². The Morgan fingerprint density at radius 2 is 1.62 bits per heavy atom. The minimum Gasteiger partial charge on any atom is -0.364 e. The largest absolute Gasteiger partial charge is 0.364 e. The van der Waals surface area contributed by atoms with Gasteiger partial charge in [0.25, 0.3) is 5.78 Å². The van der Waals surface area contributed by atoms with Gasteiger partial charge in [0.15, 0.2) is 11.6 Å². The number of fused-ring (bicyclic) bond motifs is 1. The first-order valence-corrected chi connectivity index (χ1v) is 8.86. The number of nitrogens with zero attached hydrogens (tertiary/aromatic N) is 3. The Bertz CT molecular complexity index is 1040. The smallest absolute Gasteiger partial charge is 0.253 e. The molecule has 26 heavy (non-hydrogen) atoms. The van der Waals surface area contributed by atoms with E-state index in [0.29, 0.717) is 10.8 Å². The van der Waals surface area contributed by atoms with Gasteiger partial charge in [-0.15, -0.1) is 0 Å². The fourth-order valence-electron chi connectivity index (χ4n) is 2.83. The predicted molar refractivity (Wildman–Crippen MR) is 107 cm³/mol. The number of nitrogens with one attached hydrogen (secondary N) is 2. The first kappa shape index (κ1) is 16.7. The Balaban J connectivity index is 1.88. The highest BCUT2D eigenvalue weighted by Crippen LogP contribution is 2.31. The van der Waals surface area contributed by atoms with Crippen LogP contribution in [-0.2, 0) is 0 Å². The van der Waals surface area contributed by atoms with Crippen molar-refractivity contribution >= 4 is 23.2 Å². The molecule has 0 saturated carbocycles. The summed E-state index contributed by atoms with van der Waals surface area (Å²) in [4.78, 5) is 9.43. The van der Waals surface area contributed by atoms with Gasteiger partial charge in [-0.25, -0.2) is 9.50 Å². The lowest BCUT2D eigenvalue weighted by Crippen LogP contribution is -2.27. The van der Waals surface area contributed by atoms with Gasteiger partial charge >= 0.3 is 0 Å². The van der Waals surface area contributed by atoms with Crippen molar-refractivity contribution in [1.29, 1.82) is 0 Å². The Hall–Kier alpha value is -2.79. The van der Waals surface area contributed by atoms with Crippen LogP contribution in [0.2, 0.25) is 5.02 Å². The lowest BCUT2D eigenvalue weighted by Gasteiger charge is -2.22. The zero-order valence-corrected chi connectivity index (χ0v) is 15.7. The number of rotatable bonds is 3. The Labute approximate surface area is 157 Å². The maximum Gasteiger partial charge on any atom is 0.253 e. The Kier molecular flexibility index (Phi) is 3.96. The summed E-state index contributed by atoms with van der Waals surface area (Å²) in [5.41, 5.74) is 2.72. The molecule has 0 aliphatic heterocycles. The Morgan fingerprint density at radius 1 is 0.923 bits per heavy atom. The molecule has 0 saturated heterocycles. The second-order valence-electron chi connectivity index (χ2n) is 7.26. The zero-order chi connectivity index (χ0) is 18.3. The first-order valence-electron chi connectivity index (χ1n) is 8.49. The van der Waals surface area contributed by atoms with E-state index in [2.05, 4.69) is 36.2 Å². The third kappa shape index (κ3) is 3.18. The summed E-state index contributed by atoms with van der Waals surface area (Å²) in [6, 6.07) is 17.7. The standard InChI is InChI=1S/C20H20ClN5/c1-20(2,3)24-18-16(13-9-11-15(21)12-10-13)22-19-23-17(25-26(18)19)14-7-5-4-6-8-14/h4-12,24H,1-3H3,(H,22,23,25). The second kappa shape index (κ2) is 6.18. The number of hydrogen-bond donors (Lipinski definition) is 2. The average molecular weight is 366 g/mol. The molecule has 6 heteroatoms.